The molecule has 1 aliphatic rings. The van der Waals surface area contributed by atoms with Crippen LogP contribution >= 0.6 is 15.9 Å². The van der Waals surface area contributed by atoms with Gasteiger partial charge in [0.1, 0.15) is 0 Å². The van der Waals surface area contributed by atoms with Gasteiger partial charge in [0.2, 0.25) is 5.95 Å². The minimum absolute atomic E-state index is 0.154. The lowest BCUT2D eigenvalue weighted by molar-refractivity contribution is 0.0701. The van der Waals surface area contributed by atoms with Crippen molar-refractivity contribution in [3.8, 4) is 11.4 Å². The monoisotopic (exact) mass is 441 g/mol. The summed E-state index contributed by atoms with van der Waals surface area (Å²) in [6.07, 6.45) is 3.24. The summed E-state index contributed by atoms with van der Waals surface area (Å²) in [5, 5.41) is 12.8. The molecule has 1 aliphatic heterocycles. The molecule has 0 fully saturated rings. The van der Waals surface area contributed by atoms with Gasteiger partial charge < -0.3 is 9.47 Å². The zero-order valence-electron chi connectivity index (χ0n) is 14.5. The standard InChI is InChI=1S/C18H13BrFN7O/c19-12-2-3-13-7-14(24-27(13)9-12)18(28)25-5-6-26-16(10-25)22-23-17(26)11-1-4-15(20)21-8-11/h1-4,7-9H,5-6,10H2. The number of aromatic nitrogens is 6. The van der Waals surface area contributed by atoms with Gasteiger partial charge in [-0.2, -0.15) is 9.49 Å². The van der Waals surface area contributed by atoms with E-state index in [1.807, 2.05) is 22.9 Å². The largest absolute Gasteiger partial charge is 0.328 e. The van der Waals surface area contributed by atoms with Crippen molar-refractivity contribution in [1.29, 1.82) is 0 Å². The summed E-state index contributed by atoms with van der Waals surface area (Å²) in [5.74, 6) is 0.593. The molecule has 0 saturated heterocycles. The number of hydrogen-bond acceptors (Lipinski definition) is 5. The van der Waals surface area contributed by atoms with Crippen molar-refractivity contribution in [3.63, 3.8) is 0 Å². The molecule has 0 aromatic carbocycles. The molecule has 0 aliphatic carbocycles. The van der Waals surface area contributed by atoms with E-state index in [1.54, 1.807) is 21.5 Å². The van der Waals surface area contributed by atoms with E-state index >= 15 is 0 Å². The van der Waals surface area contributed by atoms with Gasteiger partial charge in [0.15, 0.2) is 17.3 Å². The number of amides is 1. The number of halogens is 2. The minimum atomic E-state index is -0.543. The van der Waals surface area contributed by atoms with E-state index in [1.165, 1.54) is 12.3 Å². The number of rotatable bonds is 2. The topological polar surface area (TPSA) is 81.2 Å². The highest BCUT2D eigenvalue weighted by molar-refractivity contribution is 9.10. The second-order valence-corrected chi connectivity index (χ2v) is 7.35. The van der Waals surface area contributed by atoms with Crippen LogP contribution < -0.4 is 0 Å². The Bertz CT molecular complexity index is 1200. The van der Waals surface area contributed by atoms with Crippen LogP contribution in [-0.2, 0) is 13.1 Å². The van der Waals surface area contributed by atoms with Crippen LogP contribution in [-0.4, -0.2) is 46.7 Å². The smallest absolute Gasteiger partial charge is 0.274 e. The van der Waals surface area contributed by atoms with Crippen molar-refractivity contribution in [1.82, 2.24) is 34.3 Å². The van der Waals surface area contributed by atoms with E-state index < -0.39 is 5.95 Å². The molecule has 1 amide bonds. The van der Waals surface area contributed by atoms with Crippen LogP contribution in [0, 0.1) is 5.95 Å². The molecule has 0 N–H and O–H groups in total. The van der Waals surface area contributed by atoms with Crippen LogP contribution in [0.2, 0.25) is 0 Å². The van der Waals surface area contributed by atoms with Crippen molar-refractivity contribution in [3.05, 3.63) is 64.7 Å². The minimum Gasteiger partial charge on any atom is -0.328 e. The summed E-state index contributed by atoms with van der Waals surface area (Å²) in [6, 6.07) is 8.47. The molecular formula is C18H13BrFN7O. The maximum absolute atomic E-state index is 13.1. The van der Waals surface area contributed by atoms with E-state index in [4.69, 9.17) is 0 Å². The molecule has 5 heterocycles. The lowest BCUT2D eigenvalue weighted by Gasteiger charge is -2.27. The highest BCUT2D eigenvalue weighted by Gasteiger charge is 2.27. The van der Waals surface area contributed by atoms with Crippen LogP contribution in [0.4, 0.5) is 4.39 Å². The average molecular weight is 442 g/mol. The van der Waals surface area contributed by atoms with Gasteiger partial charge in [-0.1, -0.05) is 0 Å². The van der Waals surface area contributed by atoms with E-state index in [2.05, 4.69) is 36.2 Å². The SMILES string of the molecule is O=C(c1cc2ccc(Br)cn2n1)N1CCn2c(nnc2-c2ccc(F)nc2)C1. The molecule has 0 spiro atoms. The maximum Gasteiger partial charge on any atom is 0.274 e. The Morgan fingerprint density at radius 1 is 1.14 bits per heavy atom. The molecule has 4 aromatic heterocycles. The van der Waals surface area contributed by atoms with Crippen LogP contribution in [0.3, 0.4) is 0 Å². The van der Waals surface area contributed by atoms with Gasteiger partial charge in [-0.05, 0) is 46.3 Å². The molecule has 0 saturated carbocycles. The first-order chi connectivity index (χ1) is 13.6. The number of hydrogen-bond donors (Lipinski definition) is 0. The number of fused-ring (bicyclic) bond motifs is 2. The number of carbonyl (C=O) groups excluding carboxylic acids is 1. The third-order valence-electron chi connectivity index (χ3n) is 4.67. The Balaban J connectivity index is 1.41. The number of pyridine rings is 2. The molecule has 0 bridgehead atoms. The molecule has 28 heavy (non-hydrogen) atoms. The third kappa shape index (κ3) is 2.85. The molecule has 140 valence electrons. The van der Waals surface area contributed by atoms with Crippen molar-refractivity contribution in [2.45, 2.75) is 13.1 Å². The van der Waals surface area contributed by atoms with Gasteiger partial charge in [-0.15, -0.1) is 10.2 Å². The molecule has 0 atom stereocenters. The van der Waals surface area contributed by atoms with Crippen molar-refractivity contribution in [2.24, 2.45) is 0 Å². The van der Waals surface area contributed by atoms with Gasteiger partial charge in [0.05, 0.1) is 12.1 Å². The number of carbonyl (C=O) groups is 1. The first kappa shape index (κ1) is 17.0. The summed E-state index contributed by atoms with van der Waals surface area (Å²) in [4.78, 5) is 18.3. The van der Waals surface area contributed by atoms with Crippen LogP contribution in [0.5, 0.6) is 0 Å². The Kier molecular flexibility index (Phi) is 3.93. The van der Waals surface area contributed by atoms with Crippen LogP contribution in [0.15, 0.2) is 47.2 Å². The summed E-state index contributed by atoms with van der Waals surface area (Å²) in [7, 11) is 0. The number of nitrogens with zero attached hydrogens (tertiary/aromatic N) is 7. The first-order valence-corrected chi connectivity index (χ1v) is 9.36. The quantitative estimate of drug-likeness (QED) is 0.446. The fraction of sp³-hybridized carbons (Fsp3) is 0.167. The predicted octanol–water partition coefficient (Wildman–Crippen LogP) is 2.55. The lowest BCUT2D eigenvalue weighted by atomic mass is 10.2. The molecule has 4 aromatic rings. The Morgan fingerprint density at radius 2 is 2.04 bits per heavy atom. The Labute approximate surface area is 166 Å². The van der Waals surface area contributed by atoms with Crippen molar-refractivity contribution in [2.75, 3.05) is 6.54 Å². The lowest BCUT2D eigenvalue weighted by Crippen LogP contribution is -2.38. The van der Waals surface area contributed by atoms with E-state index in [0.29, 0.717) is 42.5 Å². The summed E-state index contributed by atoms with van der Waals surface area (Å²) < 4.78 is 17.5. The molecule has 5 rings (SSSR count). The second kappa shape index (κ2) is 6.48. The van der Waals surface area contributed by atoms with E-state index in [9.17, 15) is 9.18 Å². The second-order valence-electron chi connectivity index (χ2n) is 6.43. The van der Waals surface area contributed by atoms with E-state index in [0.717, 1.165) is 9.99 Å². The Hall–Kier alpha value is -3.14. The van der Waals surface area contributed by atoms with Crippen LogP contribution in [0.25, 0.3) is 16.9 Å². The molecule has 10 heteroatoms. The normalized spacial score (nSPS) is 13.7. The fourth-order valence-corrected chi connectivity index (χ4v) is 3.61. The zero-order chi connectivity index (χ0) is 19.3. The highest BCUT2D eigenvalue weighted by atomic mass is 79.9. The summed E-state index contributed by atoms with van der Waals surface area (Å²) in [5.41, 5.74) is 1.91. The Morgan fingerprint density at radius 3 is 2.86 bits per heavy atom. The fourth-order valence-electron chi connectivity index (χ4n) is 3.28. The van der Waals surface area contributed by atoms with Crippen molar-refractivity contribution >= 4 is 27.4 Å². The molecule has 0 radical (unpaired) electrons. The van der Waals surface area contributed by atoms with Gasteiger partial charge in [-0.3, -0.25) is 4.79 Å². The maximum atomic E-state index is 13.1. The van der Waals surface area contributed by atoms with Gasteiger partial charge >= 0.3 is 0 Å². The average Bonchev–Trinajstić information content (AvgIpc) is 3.31. The van der Waals surface area contributed by atoms with Gasteiger partial charge in [0.25, 0.3) is 5.91 Å². The zero-order valence-corrected chi connectivity index (χ0v) is 16.0. The molecular weight excluding hydrogens is 429 g/mol. The van der Waals surface area contributed by atoms with E-state index in [-0.39, 0.29) is 5.91 Å². The first-order valence-electron chi connectivity index (χ1n) is 8.57. The van der Waals surface area contributed by atoms with Crippen molar-refractivity contribution < 1.29 is 9.18 Å². The summed E-state index contributed by atoms with van der Waals surface area (Å²) >= 11 is 3.40. The highest BCUT2D eigenvalue weighted by Crippen LogP contribution is 2.22. The molecule has 0 unspecified atom stereocenters. The van der Waals surface area contributed by atoms with Gasteiger partial charge in [-0.25, -0.2) is 9.50 Å². The predicted molar refractivity (Wildman–Crippen MR) is 101 cm³/mol. The third-order valence-corrected chi connectivity index (χ3v) is 5.14. The van der Waals surface area contributed by atoms with Crippen LogP contribution in [0.1, 0.15) is 16.3 Å². The molecule has 8 nitrogen and oxygen atoms in total. The summed E-state index contributed by atoms with van der Waals surface area (Å²) in [6.45, 7) is 1.38. The van der Waals surface area contributed by atoms with Gasteiger partial charge in [0, 0.05) is 35.5 Å².